The number of piperidine rings is 1. The standard InChI is InChI=1S/C16H24N2OS/c1-18-11-5-7-14(13-18)16(19)17-10-6-12-20-15-8-3-2-4-9-15/h2-4,8-9,14H,5-7,10-13H2,1H3,(H,17,19). The molecule has 1 heterocycles. The van der Waals surface area contributed by atoms with Gasteiger partial charge in [-0.1, -0.05) is 18.2 Å². The molecule has 0 radical (unpaired) electrons. The number of hydrogen-bond donors (Lipinski definition) is 1. The number of nitrogens with zero attached hydrogens (tertiary/aromatic N) is 1. The van der Waals surface area contributed by atoms with Crippen LogP contribution in [0.2, 0.25) is 0 Å². The van der Waals surface area contributed by atoms with Gasteiger partial charge in [-0.05, 0) is 50.7 Å². The first-order valence-corrected chi connectivity index (χ1v) is 8.38. The Morgan fingerprint density at radius 2 is 2.20 bits per heavy atom. The molecule has 110 valence electrons. The number of rotatable bonds is 6. The van der Waals surface area contributed by atoms with Gasteiger partial charge in [-0.2, -0.15) is 0 Å². The first-order chi connectivity index (χ1) is 9.75. The molecule has 1 aliphatic rings. The van der Waals surface area contributed by atoms with Gasteiger partial charge in [-0.15, -0.1) is 11.8 Å². The average Bonchev–Trinajstić information content (AvgIpc) is 2.48. The molecule has 1 aromatic rings. The SMILES string of the molecule is CN1CCCC(C(=O)NCCCSc2ccccc2)C1. The molecule has 0 bridgehead atoms. The molecule has 1 atom stereocenters. The zero-order valence-electron chi connectivity index (χ0n) is 12.2. The highest BCUT2D eigenvalue weighted by Gasteiger charge is 2.23. The van der Waals surface area contributed by atoms with Gasteiger partial charge in [0.2, 0.25) is 5.91 Å². The Bertz CT molecular complexity index is 410. The molecule has 0 saturated carbocycles. The van der Waals surface area contributed by atoms with E-state index in [-0.39, 0.29) is 11.8 Å². The number of hydrogen-bond acceptors (Lipinski definition) is 3. The summed E-state index contributed by atoms with van der Waals surface area (Å²) in [5.41, 5.74) is 0. The molecule has 0 aliphatic carbocycles. The number of nitrogens with one attached hydrogen (secondary N) is 1. The second kappa shape index (κ2) is 8.32. The Labute approximate surface area is 126 Å². The van der Waals surface area contributed by atoms with Gasteiger partial charge in [-0.3, -0.25) is 4.79 Å². The van der Waals surface area contributed by atoms with Gasteiger partial charge in [-0.25, -0.2) is 0 Å². The van der Waals surface area contributed by atoms with Crippen LogP contribution in [0.5, 0.6) is 0 Å². The molecule has 1 amide bonds. The maximum Gasteiger partial charge on any atom is 0.224 e. The molecule has 1 fully saturated rings. The van der Waals surface area contributed by atoms with Crippen molar-refractivity contribution in [2.75, 3.05) is 32.4 Å². The molecular weight excluding hydrogens is 268 g/mol. The summed E-state index contributed by atoms with van der Waals surface area (Å²) in [5, 5.41) is 3.08. The molecule has 1 aromatic carbocycles. The van der Waals surface area contributed by atoms with E-state index in [1.165, 1.54) is 4.90 Å². The number of benzene rings is 1. The predicted molar refractivity (Wildman–Crippen MR) is 85.0 cm³/mol. The number of carbonyl (C=O) groups excluding carboxylic acids is 1. The largest absolute Gasteiger partial charge is 0.356 e. The molecule has 1 N–H and O–H groups in total. The van der Waals surface area contributed by atoms with Crippen molar-refractivity contribution in [3.05, 3.63) is 30.3 Å². The highest BCUT2D eigenvalue weighted by molar-refractivity contribution is 7.99. The van der Waals surface area contributed by atoms with Crippen molar-refractivity contribution in [1.29, 1.82) is 0 Å². The lowest BCUT2D eigenvalue weighted by molar-refractivity contribution is -0.126. The first-order valence-electron chi connectivity index (χ1n) is 7.40. The summed E-state index contributed by atoms with van der Waals surface area (Å²) in [6.45, 7) is 2.82. The van der Waals surface area contributed by atoms with Gasteiger partial charge in [0, 0.05) is 18.0 Å². The topological polar surface area (TPSA) is 32.3 Å². The van der Waals surface area contributed by atoms with Crippen molar-refractivity contribution in [2.24, 2.45) is 5.92 Å². The van der Waals surface area contributed by atoms with E-state index in [1.807, 2.05) is 17.8 Å². The van der Waals surface area contributed by atoms with Gasteiger partial charge in [0.05, 0.1) is 5.92 Å². The monoisotopic (exact) mass is 292 g/mol. The maximum atomic E-state index is 12.0. The Morgan fingerprint density at radius 1 is 1.40 bits per heavy atom. The van der Waals surface area contributed by atoms with Crippen LogP contribution in [-0.4, -0.2) is 43.2 Å². The fraction of sp³-hybridized carbons (Fsp3) is 0.562. The molecule has 2 rings (SSSR count). The number of carbonyl (C=O) groups is 1. The van der Waals surface area contributed by atoms with E-state index in [0.717, 1.165) is 44.6 Å². The smallest absolute Gasteiger partial charge is 0.224 e. The molecule has 1 aliphatic heterocycles. The van der Waals surface area contributed by atoms with Crippen LogP contribution < -0.4 is 5.32 Å². The zero-order chi connectivity index (χ0) is 14.2. The number of thioether (sulfide) groups is 1. The van der Waals surface area contributed by atoms with Gasteiger partial charge < -0.3 is 10.2 Å². The van der Waals surface area contributed by atoms with Crippen LogP contribution >= 0.6 is 11.8 Å². The third-order valence-electron chi connectivity index (χ3n) is 3.63. The van der Waals surface area contributed by atoms with Crippen molar-refractivity contribution in [3.8, 4) is 0 Å². The van der Waals surface area contributed by atoms with E-state index in [1.54, 1.807) is 0 Å². The highest BCUT2D eigenvalue weighted by Crippen LogP contribution is 2.18. The van der Waals surface area contributed by atoms with Crippen LogP contribution in [0.15, 0.2) is 35.2 Å². The van der Waals surface area contributed by atoms with Crippen LogP contribution in [0.1, 0.15) is 19.3 Å². The quantitative estimate of drug-likeness (QED) is 0.646. The van der Waals surface area contributed by atoms with E-state index in [2.05, 4.69) is 41.5 Å². The second-order valence-corrected chi connectivity index (χ2v) is 6.58. The summed E-state index contributed by atoms with van der Waals surface area (Å²) in [5.74, 6) is 1.48. The lowest BCUT2D eigenvalue weighted by Crippen LogP contribution is -2.41. The average molecular weight is 292 g/mol. The molecule has 0 spiro atoms. The second-order valence-electron chi connectivity index (χ2n) is 5.41. The number of amides is 1. The summed E-state index contributed by atoms with van der Waals surface area (Å²) in [6, 6.07) is 10.4. The molecular formula is C16H24N2OS. The minimum Gasteiger partial charge on any atom is -0.356 e. The Balaban J connectivity index is 1.57. The summed E-state index contributed by atoms with van der Waals surface area (Å²) in [7, 11) is 2.09. The van der Waals surface area contributed by atoms with Crippen LogP contribution in [-0.2, 0) is 4.79 Å². The van der Waals surface area contributed by atoms with E-state index < -0.39 is 0 Å². The van der Waals surface area contributed by atoms with Crippen molar-refractivity contribution >= 4 is 17.7 Å². The maximum absolute atomic E-state index is 12.0. The van der Waals surface area contributed by atoms with E-state index in [9.17, 15) is 4.79 Å². The normalized spacial score (nSPS) is 19.8. The van der Waals surface area contributed by atoms with Crippen molar-refractivity contribution in [1.82, 2.24) is 10.2 Å². The summed E-state index contributed by atoms with van der Waals surface area (Å²) in [4.78, 5) is 15.6. The molecule has 1 saturated heterocycles. The lowest BCUT2D eigenvalue weighted by Gasteiger charge is -2.28. The van der Waals surface area contributed by atoms with Gasteiger partial charge in [0.25, 0.3) is 0 Å². The molecule has 4 heteroatoms. The van der Waals surface area contributed by atoms with Crippen molar-refractivity contribution in [3.63, 3.8) is 0 Å². The fourth-order valence-electron chi connectivity index (χ4n) is 2.52. The predicted octanol–water partition coefficient (Wildman–Crippen LogP) is 2.63. The third kappa shape index (κ3) is 5.17. The third-order valence-corrected chi connectivity index (χ3v) is 4.73. The summed E-state index contributed by atoms with van der Waals surface area (Å²) >= 11 is 1.85. The van der Waals surface area contributed by atoms with E-state index in [4.69, 9.17) is 0 Å². The van der Waals surface area contributed by atoms with Gasteiger partial charge in [0.15, 0.2) is 0 Å². The Kier molecular flexibility index (Phi) is 6.40. The first kappa shape index (κ1) is 15.4. The number of likely N-dealkylation sites (tertiary alicyclic amines) is 1. The van der Waals surface area contributed by atoms with E-state index >= 15 is 0 Å². The highest BCUT2D eigenvalue weighted by atomic mass is 32.2. The molecule has 0 aromatic heterocycles. The fourth-order valence-corrected chi connectivity index (χ4v) is 3.39. The Hall–Kier alpha value is -1.00. The van der Waals surface area contributed by atoms with Gasteiger partial charge >= 0.3 is 0 Å². The van der Waals surface area contributed by atoms with Gasteiger partial charge in [0.1, 0.15) is 0 Å². The molecule has 20 heavy (non-hydrogen) atoms. The minimum atomic E-state index is 0.190. The molecule has 1 unspecified atom stereocenters. The minimum absolute atomic E-state index is 0.190. The van der Waals surface area contributed by atoms with Crippen molar-refractivity contribution < 1.29 is 4.79 Å². The lowest BCUT2D eigenvalue weighted by atomic mass is 9.98. The van der Waals surface area contributed by atoms with Crippen LogP contribution in [0.3, 0.4) is 0 Å². The van der Waals surface area contributed by atoms with Crippen molar-refractivity contribution in [2.45, 2.75) is 24.2 Å². The zero-order valence-corrected chi connectivity index (χ0v) is 13.0. The summed E-state index contributed by atoms with van der Waals surface area (Å²) in [6.07, 6.45) is 3.20. The van der Waals surface area contributed by atoms with Crippen LogP contribution in [0.4, 0.5) is 0 Å². The summed E-state index contributed by atoms with van der Waals surface area (Å²) < 4.78 is 0. The van der Waals surface area contributed by atoms with E-state index in [0.29, 0.717) is 0 Å². The molecule has 3 nitrogen and oxygen atoms in total. The van der Waals surface area contributed by atoms with Crippen LogP contribution in [0, 0.1) is 5.92 Å². The Morgan fingerprint density at radius 3 is 2.95 bits per heavy atom. The van der Waals surface area contributed by atoms with Crippen LogP contribution in [0.25, 0.3) is 0 Å².